The van der Waals surface area contributed by atoms with Crippen LogP contribution in [0.25, 0.3) is 0 Å². The zero-order valence-electron chi connectivity index (χ0n) is 7.28. The van der Waals surface area contributed by atoms with Gasteiger partial charge in [0.05, 0.1) is 0 Å². The highest BCUT2D eigenvalue weighted by atomic mass is 16.4. The molecule has 0 heterocycles. The van der Waals surface area contributed by atoms with Gasteiger partial charge < -0.3 is 5.11 Å². The molecular formula is C10H10O3. The number of hydrogen-bond acceptors (Lipinski definition) is 2. The van der Waals surface area contributed by atoms with Crippen molar-refractivity contribution in [2.24, 2.45) is 0 Å². The molecule has 0 aliphatic carbocycles. The Balaban J connectivity index is 2.70. The second-order valence-corrected chi connectivity index (χ2v) is 2.89. The summed E-state index contributed by atoms with van der Waals surface area (Å²) in [5.74, 6) is -2.15. The van der Waals surface area contributed by atoms with Crippen LogP contribution in [0.5, 0.6) is 0 Å². The smallest absolute Gasteiger partial charge is 0.372 e. The third-order valence-corrected chi connectivity index (χ3v) is 1.72. The maximum absolute atomic E-state index is 10.8. The van der Waals surface area contributed by atoms with E-state index in [4.69, 9.17) is 5.11 Å². The van der Waals surface area contributed by atoms with Gasteiger partial charge in [0.1, 0.15) is 0 Å². The van der Waals surface area contributed by atoms with Gasteiger partial charge in [-0.1, -0.05) is 29.8 Å². The van der Waals surface area contributed by atoms with E-state index in [-0.39, 0.29) is 6.42 Å². The van der Waals surface area contributed by atoms with E-state index in [0.29, 0.717) is 0 Å². The number of benzene rings is 1. The second-order valence-electron chi connectivity index (χ2n) is 2.89. The van der Waals surface area contributed by atoms with Gasteiger partial charge in [0.2, 0.25) is 5.78 Å². The van der Waals surface area contributed by atoms with Crippen LogP contribution in [0.4, 0.5) is 0 Å². The van der Waals surface area contributed by atoms with E-state index in [2.05, 4.69) is 0 Å². The van der Waals surface area contributed by atoms with Gasteiger partial charge in [-0.25, -0.2) is 4.79 Å². The number of hydrogen-bond donors (Lipinski definition) is 1. The molecule has 0 aliphatic heterocycles. The number of aliphatic carboxylic acids is 1. The average molecular weight is 178 g/mol. The molecule has 0 amide bonds. The minimum atomic E-state index is -1.37. The second kappa shape index (κ2) is 3.85. The molecule has 68 valence electrons. The highest BCUT2D eigenvalue weighted by molar-refractivity contribution is 6.33. The quantitative estimate of drug-likeness (QED) is 0.707. The standard InChI is InChI=1S/C10H10O3/c1-7-2-4-8(5-3-7)6-9(11)10(12)13/h2-5H,6H2,1H3,(H,12,13). The molecule has 1 N–H and O–H groups in total. The van der Waals surface area contributed by atoms with Crippen molar-refractivity contribution < 1.29 is 14.7 Å². The van der Waals surface area contributed by atoms with E-state index in [1.54, 1.807) is 12.1 Å². The van der Waals surface area contributed by atoms with Crippen LogP contribution in [-0.4, -0.2) is 16.9 Å². The number of rotatable bonds is 3. The summed E-state index contributed by atoms with van der Waals surface area (Å²) in [6.07, 6.45) is -0.0321. The molecule has 1 aromatic rings. The lowest BCUT2D eigenvalue weighted by molar-refractivity contribution is -0.148. The Morgan fingerprint density at radius 2 is 1.77 bits per heavy atom. The van der Waals surface area contributed by atoms with Crippen LogP contribution in [-0.2, 0) is 16.0 Å². The molecule has 0 aliphatic rings. The van der Waals surface area contributed by atoms with Crippen LogP contribution in [0.15, 0.2) is 24.3 Å². The fraction of sp³-hybridized carbons (Fsp3) is 0.200. The van der Waals surface area contributed by atoms with Crippen molar-refractivity contribution in [2.45, 2.75) is 13.3 Å². The summed E-state index contributed by atoms with van der Waals surface area (Å²) in [4.78, 5) is 21.0. The van der Waals surface area contributed by atoms with E-state index < -0.39 is 11.8 Å². The van der Waals surface area contributed by atoms with E-state index >= 15 is 0 Å². The first-order valence-corrected chi connectivity index (χ1v) is 3.91. The summed E-state index contributed by atoms with van der Waals surface area (Å²) in [5, 5.41) is 8.35. The summed E-state index contributed by atoms with van der Waals surface area (Å²) in [5.41, 5.74) is 1.82. The largest absolute Gasteiger partial charge is 0.475 e. The number of carboxylic acids is 1. The Morgan fingerprint density at radius 1 is 1.23 bits per heavy atom. The van der Waals surface area contributed by atoms with E-state index in [1.807, 2.05) is 19.1 Å². The van der Waals surface area contributed by atoms with Crippen molar-refractivity contribution >= 4 is 11.8 Å². The van der Waals surface area contributed by atoms with Gasteiger partial charge in [0.15, 0.2) is 0 Å². The lowest BCUT2D eigenvalue weighted by Crippen LogP contribution is -2.14. The summed E-state index contributed by atoms with van der Waals surface area (Å²) >= 11 is 0. The predicted molar refractivity (Wildman–Crippen MR) is 47.5 cm³/mol. The normalized spacial score (nSPS) is 9.62. The van der Waals surface area contributed by atoms with E-state index in [0.717, 1.165) is 11.1 Å². The molecule has 0 fully saturated rings. The fourth-order valence-corrected chi connectivity index (χ4v) is 0.967. The molecule has 1 rings (SSSR count). The molecule has 0 saturated carbocycles. The van der Waals surface area contributed by atoms with Gasteiger partial charge >= 0.3 is 5.97 Å². The molecule has 0 bridgehead atoms. The van der Waals surface area contributed by atoms with E-state index in [9.17, 15) is 9.59 Å². The maximum Gasteiger partial charge on any atom is 0.372 e. The number of carbonyl (C=O) groups is 2. The molecule has 3 nitrogen and oxygen atoms in total. The van der Waals surface area contributed by atoms with Crippen molar-refractivity contribution in [2.75, 3.05) is 0 Å². The monoisotopic (exact) mass is 178 g/mol. The van der Waals surface area contributed by atoms with Crippen LogP contribution in [0.2, 0.25) is 0 Å². The lowest BCUT2D eigenvalue weighted by Gasteiger charge is -1.97. The Kier molecular flexibility index (Phi) is 2.80. The predicted octanol–water partition coefficient (Wildman–Crippen LogP) is 1.19. The average Bonchev–Trinajstić information content (AvgIpc) is 2.08. The molecular weight excluding hydrogens is 168 g/mol. The highest BCUT2D eigenvalue weighted by Gasteiger charge is 2.11. The molecule has 3 heteroatoms. The number of carbonyl (C=O) groups excluding carboxylic acids is 1. The van der Waals surface area contributed by atoms with Crippen molar-refractivity contribution in [3.63, 3.8) is 0 Å². The molecule has 1 aromatic carbocycles. The minimum absolute atomic E-state index is 0.0321. The zero-order chi connectivity index (χ0) is 9.84. The van der Waals surface area contributed by atoms with Crippen molar-refractivity contribution in [1.29, 1.82) is 0 Å². The molecule has 0 saturated heterocycles. The summed E-state index contributed by atoms with van der Waals surface area (Å²) in [7, 11) is 0. The zero-order valence-corrected chi connectivity index (χ0v) is 7.28. The van der Waals surface area contributed by atoms with Gasteiger partial charge in [-0.15, -0.1) is 0 Å². The number of Topliss-reactive ketones (excluding diaryl/α,β-unsaturated/α-hetero) is 1. The first-order valence-electron chi connectivity index (χ1n) is 3.91. The molecule has 0 aromatic heterocycles. The summed E-state index contributed by atoms with van der Waals surface area (Å²) in [6.45, 7) is 1.93. The molecule has 0 spiro atoms. The van der Waals surface area contributed by atoms with Crippen molar-refractivity contribution in [1.82, 2.24) is 0 Å². The van der Waals surface area contributed by atoms with Crippen LogP contribution >= 0.6 is 0 Å². The third-order valence-electron chi connectivity index (χ3n) is 1.72. The Morgan fingerprint density at radius 3 is 2.23 bits per heavy atom. The third kappa shape index (κ3) is 2.71. The molecule has 13 heavy (non-hydrogen) atoms. The van der Waals surface area contributed by atoms with Gasteiger partial charge in [-0.05, 0) is 12.5 Å². The molecule has 0 radical (unpaired) electrons. The number of aryl methyl sites for hydroxylation is 1. The first kappa shape index (κ1) is 9.45. The first-order chi connectivity index (χ1) is 6.09. The van der Waals surface area contributed by atoms with Gasteiger partial charge in [0.25, 0.3) is 0 Å². The van der Waals surface area contributed by atoms with Crippen LogP contribution < -0.4 is 0 Å². The maximum atomic E-state index is 10.8. The minimum Gasteiger partial charge on any atom is -0.475 e. The highest BCUT2D eigenvalue weighted by Crippen LogP contribution is 2.04. The molecule has 0 atom stereocenters. The van der Waals surface area contributed by atoms with E-state index in [1.165, 1.54) is 0 Å². The Labute approximate surface area is 76.0 Å². The Bertz CT molecular complexity index is 325. The van der Waals surface area contributed by atoms with Crippen molar-refractivity contribution in [3.05, 3.63) is 35.4 Å². The summed E-state index contributed by atoms with van der Waals surface area (Å²) in [6, 6.07) is 7.22. The molecule has 0 unspecified atom stereocenters. The lowest BCUT2D eigenvalue weighted by atomic mass is 10.1. The van der Waals surface area contributed by atoms with Crippen LogP contribution in [0, 0.1) is 6.92 Å². The Hall–Kier alpha value is -1.64. The van der Waals surface area contributed by atoms with Crippen molar-refractivity contribution in [3.8, 4) is 0 Å². The van der Waals surface area contributed by atoms with Gasteiger partial charge in [-0.3, -0.25) is 4.79 Å². The van der Waals surface area contributed by atoms with Gasteiger partial charge in [0, 0.05) is 6.42 Å². The topological polar surface area (TPSA) is 54.4 Å². The summed E-state index contributed by atoms with van der Waals surface area (Å²) < 4.78 is 0. The fourth-order valence-electron chi connectivity index (χ4n) is 0.967. The van der Waals surface area contributed by atoms with Crippen LogP contribution in [0.1, 0.15) is 11.1 Å². The van der Waals surface area contributed by atoms with Crippen LogP contribution in [0.3, 0.4) is 0 Å². The number of ketones is 1. The van der Waals surface area contributed by atoms with Gasteiger partial charge in [-0.2, -0.15) is 0 Å². The SMILES string of the molecule is Cc1ccc(CC(=O)C(=O)O)cc1. The number of carboxylic acid groups (broad SMARTS) is 1.